The Balaban J connectivity index is 1.40. The van der Waals surface area contributed by atoms with E-state index in [2.05, 4.69) is 25.6 Å². The van der Waals surface area contributed by atoms with Gasteiger partial charge in [-0.3, -0.25) is 4.79 Å². The van der Waals surface area contributed by atoms with Crippen LogP contribution in [0.1, 0.15) is 47.2 Å². The van der Waals surface area contributed by atoms with Crippen LogP contribution in [0.2, 0.25) is 0 Å². The van der Waals surface area contributed by atoms with Crippen LogP contribution < -0.4 is 15.5 Å². The standard InChI is InChI=1S/C26H32N6O3S/c1-17-7-13-21(14-8-17)36(34,35)25-22(6-5-15-27-25)24(33)29-19-9-11-20(12-10-19)30-26-28-16-18(2)23(31-26)32(3)4/h5-8,13-16,19-20H,9-12H2,1-4H3,(H,29,33)(H,28,30,31). The van der Waals surface area contributed by atoms with E-state index in [1.54, 1.807) is 18.2 Å². The topological polar surface area (TPSA) is 117 Å². The van der Waals surface area contributed by atoms with E-state index in [1.165, 1.54) is 24.4 Å². The summed E-state index contributed by atoms with van der Waals surface area (Å²) in [7, 11) is -0.0256. The largest absolute Gasteiger partial charge is 0.362 e. The number of carbonyl (C=O) groups is 1. The molecule has 1 aliphatic carbocycles. The van der Waals surface area contributed by atoms with Crippen LogP contribution in [0, 0.1) is 13.8 Å². The Morgan fingerprint density at radius 1 is 0.972 bits per heavy atom. The third-order valence-corrected chi connectivity index (χ3v) is 8.09. The summed E-state index contributed by atoms with van der Waals surface area (Å²) in [4.78, 5) is 28.3. The van der Waals surface area contributed by atoms with Crippen LogP contribution in [-0.4, -0.2) is 55.5 Å². The molecule has 2 N–H and O–H groups in total. The van der Waals surface area contributed by atoms with Gasteiger partial charge in [0, 0.05) is 44.1 Å². The molecule has 0 radical (unpaired) electrons. The number of rotatable bonds is 7. The average Bonchev–Trinajstić information content (AvgIpc) is 2.86. The van der Waals surface area contributed by atoms with Crippen molar-refractivity contribution in [2.75, 3.05) is 24.3 Å². The molecule has 1 aromatic carbocycles. The molecule has 1 fully saturated rings. The second kappa shape index (κ2) is 10.6. The third-order valence-electron chi connectivity index (χ3n) is 6.37. The van der Waals surface area contributed by atoms with Gasteiger partial charge in [-0.25, -0.2) is 18.4 Å². The van der Waals surface area contributed by atoms with Crippen molar-refractivity contribution in [2.45, 2.75) is 61.5 Å². The summed E-state index contributed by atoms with van der Waals surface area (Å²) in [5, 5.41) is 6.20. The Labute approximate surface area is 212 Å². The van der Waals surface area contributed by atoms with Crippen LogP contribution in [-0.2, 0) is 9.84 Å². The Morgan fingerprint density at radius 3 is 2.31 bits per heavy atom. The van der Waals surface area contributed by atoms with Crippen molar-refractivity contribution < 1.29 is 13.2 Å². The molecule has 0 saturated heterocycles. The van der Waals surface area contributed by atoms with Crippen molar-refractivity contribution >= 4 is 27.5 Å². The van der Waals surface area contributed by atoms with E-state index >= 15 is 0 Å². The van der Waals surface area contributed by atoms with Gasteiger partial charge in [0.25, 0.3) is 5.91 Å². The van der Waals surface area contributed by atoms with Crippen molar-refractivity contribution in [3.8, 4) is 0 Å². The number of aromatic nitrogens is 3. The first-order valence-corrected chi connectivity index (χ1v) is 13.5. The highest BCUT2D eigenvalue weighted by Gasteiger charge is 2.28. The van der Waals surface area contributed by atoms with Crippen LogP contribution in [0.3, 0.4) is 0 Å². The number of hydrogen-bond donors (Lipinski definition) is 2. The summed E-state index contributed by atoms with van der Waals surface area (Å²) >= 11 is 0. The van der Waals surface area contributed by atoms with Crippen LogP contribution in [0.4, 0.5) is 11.8 Å². The van der Waals surface area contributed by atoms with Crippen LogP contribution in [0.15, 0.2) is 58.7 Å². The third kappa shape index (κ3) is 5.64. The van der Waals surface area contributed by atoms with Gasteiger partial charge in [-0.2, -0.15) is 4.98 Å². The molecule has 36 heavy (non-hydrogen) atoms. The normalized spacial score (nSPS) is 17.9. The number of nitrogens with one attached hydrogen (secondary N) is 2. The van der Waals surface area contributed by atoms with Crippen molar-refractivity contribution in [3.05, 3.63) is 65.5 Å². The van der Waals surface area contributed by atoms with Gasteiger partial charge >= 0.3 is 0 Å². The lowest BCUT2D eigenvalue weighted by molar-refractivity contribution is 0.0922. The highest BCUT2D eigenvalue weighted by molar-refractivity contribution is 7.91. The van der Waals surface area contributed by atoms with Crippen LogP contribution in [0.25, 0.3) is 0 Å². The summed E-state index contributed by atoms with van der Waals surface area (Å²) in [6, 6.07) is 9.76. The summed E-state index contributed by atoms with van der Waals surface area (Å²) < 4.78 is 26.4. The van der Waals surface area contributed by atoms with Gasteiger partial charge in [-0.05, 0) is 63.8 Å². The fourth-order valence-corrected chi connectivity index (χ4v) is 5.76. The molecule has 1 saturated carbocycles. The quantitative estimate of drug-likeness (QED) is 0.498. The molecule has 3 aromatic rings. The Hall–Kier alpha value is -3.53. The van der Waals surface area contributed by atoms with Gasteiger partial charge in [-0.15, -0.1) is 0 Å². The second-order valence-electron chi connectivity index (χ2n) is 9.43. The van der Waals surface area contributed by atoms with E-state index in [4.69, 9.17) is 0 Å². The zero-order valence-corrected chi connectivity index (χ0v) is 21.8. The number of sulfone groups is 1. The molecular formula is C26H32N6O3S. The maximum atomic E-state index is 13.2. The molecule has 0 atom stereocenters. The van der Waals surface area contributed by atoms with Gasteiger partial charge in [0.05, 0.1) is 10.5 Å². The molecule has 4 rings (SSSR count). The van der Waals surface area contributed by atoms with Crippen LogP contribution in [0.5, 0.6) is 0 Å². The monoisotopic (exact) mass is 508 g/mol. The van der Waals surface area contributed by atoms with Gasteiger partial charge in [0.15, 0.2) is 5.03 Å². The molecular weight excluding hydrogens is 476 g/mol. The molecule has 0 unspecified atom stereocenters. The second-order valence-corrected chi connectivity index (χ2v) is 11.3. The Morgan fingerprint density at radius 2 is 1.64 bits per heavy atom. The minimum Gasteiger partial charge on any atom is -0.362 e. The first-order valence-electron chi connectivity index (χ1n) is 12.0. The highest BCUT2D eigenvalue weighted by atomic mass is 32.2. The zero-order valence-electron chi connectivity index (χ0n) is 21.0. The zero-order chi connectivity index (χ0) is 25.9. The lowest BCUT2D eigenvalue weighted by atomic mass is 9.91. The first kappa shape index (κ1) is 25.6. The lowest BCUT2D eigenvalue weighted by Gasteiger charge is -2.30. The number of anilines is 2. The molecule has 2 aromatic heterocycles. The molecule has 10 heteroatoms. The van der Waals surface area contributed by atoms with Crippen molar-refractivity contribution in [3.63, 3.8) is 0 Å². The minimum atomic E-state index is -3.93. The fourth-order valence-electron chi connectivity index (χ4n) is 4.39. The Kier molecular flexibility index (Phi) is 7.53. The van der Waals surface area contributed by atoms with E-state index in [-0.39, 0.29) is 27.6 Å². The van der Waals surface area contributed by atoms with Crippen LogP contribution >= 0.6 is 0 Å². The minimum absolute atomic E-state index is 0.0537. The first-order chi connectivity index (χ1) is 17.1. The van der Waals surface area contributed by atoms with E-state index in [1.807, 2.05) is 39.0 Å². The summed E-state index contributed by atoms with van der Waals surface area (Å²) in [5.74, 6) is 1.04. The lowest BCUT2D eigenvalue weighted by Crippen LogP contribution is -2.40. The number of aryl methyl sites for hydroxylation is 2. The number of pyridine rings is 1. The molecule has 1 aliphatic rings. The molecule has 2 heterocycles. The van der Waals surface area contributed by atoms with Crippen molar-refractivity contribution in [2.24, 2.45) is 0 Å². The summed E-state index contributed by atoms with van der Waals surface area (Å²) in [5.41, 5.74) is 2.02. The van der Waals surface area contributed by atoms with E-state index in [9.17, 15) is 13.2 Å². The van der Waals surface area contributed by atoms with E-state index in [0.717, 1.165) is 42.6 Å². The van der Waals surface area contributed by atoms with Gasteiger partial charge in [0.1, 0.15) is 5.82 Å². The summed E-state index contributed by atoms with van der Waals surface area (Å²) in [6.07, 6.45) is 6.39. The summed E-state index contributed by atoms with van der Waals surface area (Å²) in [6.45, 7) is 3.86. The molecule has 0 spiro atoms. The molecule has 190 valence electrons. The molecule has 9 nitrogen and oxygen atoms in total. The highest BCUT2D eigenvalue weighted by Crippen LogP contribution is 2.25. The number of carbonyl (C=O) groups excluding carboxylic acids is 1. The van der Waals surface area contributed by atoms with E-state index < -0.39 is 15.7 Å². The number of hydrogen-bond acceptors (Lipinski definition) is 8. The van der Waals surface area contributed by atoms with Gasteiger partial charge in [-0.1, -0.05) is 17.7 Å². The predicted molar refractivity (Wildman–Crippen MR) is 139 cm³/mol. The smallest absolute Gasteiger partial charge is 0.254 e. The number of nitrogens with zero attached hydrogens (tertiary/aromatic N) is 4. The SMILES string of the molecule is Cc1ccc(S(=O)(=O)c2ncccc2C(=O)NC2CCC(Nc3ncc(C)c(N(C)C)n3)CC2)cc1. The predicted octanol–water partition coefficient (Wildman–Crippen LogP) is 3.54. The van der Waals surface area contributed by atoms with Gasteiger partial charge in [0.2, 0.25) is 15.8 Å². The average molecular weight is 509 g/mol. The van der Waals surface area contributed by atoms with E-state index in [0.29, 0.717) is 5.95 Å². The van der Waals surface area contributed by atoms with Crippen molar-refractivity contribution in [1.82, 2.24) is 20.3 Å². The fraction of sp³-hybridized carbons (Fsp3) is 0.385. The number of amides is 1. The maximum absolute atomic E-state index is 13.2. The molecule has 0 bridgehead atoms. The number of benzene rings is 1. The molecule has 0 aliphatic heterocycles. The van der Waals surface area contributed by atoms with Gasteiger partial charge < -0.3 is 15.5 Å². The molecule has 1 amide bonds. The maximum Gasteiger partial charge on any atom is 0.254 e. The Bertz CT molecular complexity index is 1330. The van der Waals surface area contributed by atoms with Crippen molar-refractivity contribution in [1.29, 1.82) is 0 Å².